The van der Waals surface area contributed by atoms with Crippen LogP contribution in [0, 0.1) is 30.9 Å². The summed E-state index contributed by atoms with van der Waals surface area (Å²) in [7, 11) is 2.26. The molecule has 316 valence electrons. The van der Waals surface area contributed by atoms with E-state index in [1.165, 1.54) is 12.1 Å². The lowest BCUT2D eigenvalue weighted by molar-refractivity contribution is -0.117. The first-order chi connectivity index (χ1) is 28.9. The Hall–Kier alpha value is -4.91. The monoisotopic (exact) mass is 836 g/mol. The third-order valence-electron chi connectivity index (χ3n) is 13.8. The molecule has 5 aliphatic heterocycles. The molecule has 4 aromatic carbocycles. The number of nitrogens with one attached hydrogen (secondary N) is 5. The molecule has 5 N–H and O–H groups in total. The van der Waals surface area contributed by atoms with Crippen molar-refractivity contribution in [3.63, 3.8) is 0 Å². The first-order valence-corrected chi connectivity index (χ1v) is 21.8. The standard InChI is InChI=1S/C47H55ClF2N8O2/c1-28-7-9-39(49)37-23-41(54-43(28)37)45(59)52-31-5-4-6-35(21-31)58-18-14-47(27-58)13-15-51-33(25-47)26-56(3)34-11-16-57(17-12-34)36-20-30(48)19-32(22-36)53-46(60)42-24-38-40(50)10-8-29(2)44(38)55-42/h4-10,19-22,33-34,41-42,51,54-55H,11-18,23-27H2,1-3H3,(H,52,59)(H,53,60). The Kier molecular flexibility index (Phi) is 11.1. The third-order valence-corrected chi connectivity index (χ3v) is 14.0. The number of hydrogen-bond acceptors (Lipinski definition) is 8. The molecule has 4 aromatic rings. The van der Waals surface area contributed by atoms with Gasteiger partial charge in [0.05, 0.1) is 0 Å². The van der Waals surface area contributed by atoms with Gasteiger partial charge in [-0.3, -0.25) is 9.59 Å². The molecule has 3 saturated heterocycles. The Labute approximate surface area is 356 Å². The predicted octanol–water partition coefficient (Wildman–Crippen LogP) is 7.73. The number of likely N-dealkylation sites (N-methyl/N-ethyl adjacent to an activating group) is 1. The molecule has 0 aromatic heterocycles. The summed E-state index contributed by atoms with van der Waals surface area (Å²) in [6.45, 7) is 9.60. The molecule has 4 atom stereocenters. The van der Waals surface area contributed by atoms with Gasteiger partial charge >= 0.3 is 0 Å². The summed E-state index contributed by atoms with van der Waals surface area (Å²) in [5.41, 5.74) is 8.18. The second-order valence-corrected chi connectivity index (χ2v) is 18.3. The maximum absolute atomic E-state index is 14.5. The molecule has 0 bridgehead atoms. The number of carbonyl (C=O) groups excluding carboxylic acids is 2. The number of halogens is 3. The largest absolute Gasteiger partial charge is 0.373 e. The van der Waals surface area contributed by atoms with Crippen molar-refractivity contribution in [3.8, 4) is 0 Å². The first kappa shape index (κ1) is 40.5. The van der Waals surface area contributed by atoms with Gasteiger partial charge in [-0.25, -0.2) is 8.78 Å². The Balaban J connectivity index is 0.753. The zero-order valence-corrected chi connectivity index (χ0v) is 35.4. The Morgan fingerprint density at radius 2 is 1.43 bits per heavy atom. The van der Waals surface area contributed by atoms with Gasteiger partial charge in [-0.05, 0) is 125 Å². The summed E-state index contributed by atoms with van der Waals surface area (Å²) in [6.07, 6.45) is 6.10. The molecule has 3 fully saturated rings. The van der Waals surface area contributed by atoms with E-state index < -0.39 is 12.1 Å². The summed E-state index contributed by atoms with van der Waals surface area (Å²) in [4.78, 5) is 33.9. The van der Waals surface area contributed by atoms with Gasteiger partial charge in [0.15, 0.2) is 0 Å². The molecule has 2 amide bonds. The Bertz CT molecular complexity index is 2240. The smallest absolute Gasteiger partial charge is 0.247 e. The summed E-state index contributed by atoms with van der Waals surface area (Å²) in [5, 5.41) is 17.0. The van der Waals surface area contributed by atoms with Crippen molar-refractivity contribution in [2.75, 3.05) is 77.4 Å². The number of nitrogens with zero attached hydrogens (tertiary/aromatic N) is 3. The summed E-state index contributed by atoms with van der Waals surface area (Å²) < 4.78 is 28.9. The number of hydrogen-bond donors (Lipinski definition) is 5. The number of aryl methyl sites for hydroxylation is 2. The fourth-order valence-corrected chi connectivity index (χ4v) is 10.7. The molecule has 0 radical (unpaired) electrons. The summed E-state index contributed by atoms with van der Waals surface area (Å²) >= 11 is 6.59. The van der Waals surface area contributed by atoms with E-state index in [2.05, 4.69) is 60.5 Å². The van der Waals surface area contributed by atoms with Crippen LogP contribution >= 0.6 is 11.6 Å². The second kappa shape index (κ2) is 16.5. The van der Waals surface area contributed by atoms with Crippen LogP contribution in [0.15, 0.2) is 66.7 Å². The fourth-order valence-electron chi connectivity index (χ4n) is 10.5. The molecule has 5 heterocycles. The summed E-state index contributed by atoms with van der Waals surface area (Å²) in [6, 6.07) is 20.1. The minimum Gasteiger partial charge on any atom is -0.373 e. The third kappa shape index (κ3) is 8.26. The molecule has 5 aliphatic rings. The molecule has 60 heavy (non-hydrogen) atoms. The van der Waals surface area contributed by atoms with Gasteiger partial charge in [-0.2, -0.15) is 0 Å². The van der Waals surface area contributed by atoms with Gasteiger partial charge in [-0.1, -0.05) is 29.8 Å². The van der Waals surface area contributed by atoms with E-state index in [0.29, 0.717) is 52.4 Å². The number of carbonyl (C=O) groups is 2. The van der Waals surface area contributed by atoms with E-state index >= 15 is 0 Å². The van der Waals surface area contributed by atoms with E-state index in [-0.39, 0.29) is 28.9 Å². The lowest BCUT2D eigenvalue weighted by atomic mass is 9.75. The van der Waals surface area contributed by atoms with Crippen LogP contribution in [0.5, 0.6) is 0 Å². The van der Waals surface area contributed by atoms with Gasteiger partial charge in [0, 0.05) is 108 Å². The molecule has 4 unspecified atom stereocenters. The van der Waals surface area contributed by atoms with E-state index in [1.54, 1.807) is 18.2 Å². The maximum atomic E-state index is 14.5. The fraction of sp³-hybridized carbons (Fsp3) is 0.447. The van der Waals surface area contributed by atoms with Gasteiger partial charge < -0.3 is 41.3 Å². The van der Waals surface area contributed by atoms with Crippen LogP contribution in [-0.2, 0) is 22.4 Å². The molecule has 9 rings (SSSR count). The van der Waals surface area contributed by atoms with Crippen LogP contribution in [0.2, 0.25) is 5.02 Å². The summed E-state index contributed by atoms with van der Waals surface area (Å²) in [5.74, 6) is -0.931. The molecule has 0 aliphatic carbocycles. The van der Waals surface area contributed by atoms with Crippen molar-refractivity contribution >= 4 is 57.5 Å². The minimum atomic E-state index is -0.553. The van der Waals surface area contributed by atoms with E-state index in [9.17, 15) is 18.4 Å². The lowest BCUT2D eigenvalue weighted by Crippen LogP contribution is -2.52. The zero-order chi connectivity index (χ0) is 41.7. The van der Waals surface area contributed by atoms with Gasteiger partial charge in [0.2, 0.25) is 11.8 Å². The molecule has 13 heteroatoms. The lowest BCUT2D eigenvalue weighted by Gasteiger charge is -2.43. The van der Waals surface area contributed by atoms with Crippen molar-refractivity contribution in [2.45, 2.75) is 83.0 Å². The zero-order valence-electron chi connectivity index (χ0n) is 34.6. The van der Waals surface area contributed by atoms with E-state index in [4.69, 9.17) is 11.6 Å². The van der Waals surface area contributed by atoms with Crippen LogP contribution in [0.1, 0.15) is 54.4 Å². The van der Waals surface area contributed by atoms with Crippen LogP contribution in [0.25, 0.3) is 0 Å². The van der Waals surface area contributed by atoms with Crippen LogP contribution in [0.3, 0.4) is 0 Å². The van der Waals surface area contributed by atoms with Gasteiger partial charge in [-0.15, -0.1) is 0 Å². The van der Waals surface area contributed by atoms with Gasteiger partial charge in [0.1, 0.15) is 23.7 Å². The van der Waals surface area contributed by atoms with Crippen molar-refractivity contribution in [1.29, 1.82) is 0 Å². The van der Waals surface area contributed by atoms with Crippen LogP contribution in [-0.4, -0.2) is 87.2 Å². The highest BCUT2D eigenvalue weighted by atomic mass is 35.5. The maximum Gasteiger partial charge on any atom is 0.247 e. The highest BCUT2D eigenvalue weighted by molar-refractivity contribution is 6.31. The van der Waals surface area contributed by atoms with E-state index in [1.807, 2.05) is 38.1 Å². The molecule has 1 spiro atoms. The highest BCUT2D eigenvalue weighted by Gasteiger charge is 2.42. The Morgan fingerprint density at radius 3 is 2.08 bits per heavy atom. The number of piperidine rings is 2. The van der Waals surface area contributed by atoms with Crippen molar-refractivity contribution in [2.24, 2.45) is 5.41 Å². The number of fused-ring (bicyclic) bond motifs is 2. The second-order valence-electron chi connectivity index (χ2n) is 17.9. The van der Waals surface area contributed by atoms with E-state index in [0.717, 1.165) is 105 Å². The SMILES string of the molecule is Cc1ccc(F)c2c1NC(C(=O)Nc1cc(Cl)cc(N3CCC(N(C)CC4CC5(CCN4)CCN(c4cccc(NC(=O)C6Cc7c(F)ccc(C)c7N6)c4)C5)CC3)c1)C2. The number of amides is 2. The average molecular weight is 837 g/mol. The predicted molar refractivity (Wildman–Crippen MR) is 238 cm³/mol. The molecule has 10 nitrogen and oxygen atoms in total. The number of benzene rings is 4. The number of rotatable bonds is 9. The van der Waals surface area contributed by atoms with Crippen molar-refractivity contribution in [1.82, 2.24) is 10.2 Å². The van der Waals surface area contributed by atoms with Crippen LogP contribution < -0.4 is 36.4 Å². The number of anilines is 6. The van der Waals surface area contributed by atoms with Crippen molar-refractivity contribution in [3.05, 3.63) is 106 Å². The van der Waals surface area contributed by atoms with Crippen molar-refractivity contribution < 1.29 is 18.4 Å². The highest BCUT2D eigenvalue weighted by Crippen LogP contribution is 2.43. The topological polar surface area (TPSA) is 104 Å². The first-order valence-electron chi connectivity index (χ1n) is 21.5. The molecule has 0 saturated carbocycles. The average Bonchev–Trinajstić information content (AvgIpc) is 4.00. The molecular weight excluding hydrogens is 782 g/mol. The molecular formula is C47H55ClF2N8O2. The quantitative estimate of drug-likeness (QED) is 0.117. The normalized spacial score (nSPS) is 23.7. The van der Waals surface area contributed by atoms with Gasteiger partial charge in [0.25, 0.3) is 0 Å². The van der Waals surface area contributed by atoms with Crippen LogP contribution in [0.4, 0.5) is 42.9 Å². The Morgan fingerprint density at radius 1 is 0.800 bits per heavy atom. The minimum absolute atomic E-state index is 0.157.